The molecule has 2 aromatic rings. The summed E-state index contributed by atoms with van der Waals surface area (Å²) in [6.07, 6.45) is 3.38. The number of thiophene rings is 1. The van der Waals surface area contributed by atoms with Crippen LogP contribution in [0.3, 0.4) is 0 Å². The molecule has 1 aliphatic rings. The maximum Gasteiger partial charge on any atom is 0.305 e. The molecule has 128 valence electrons. The summed E-state index contributed by atoms with van der Waals surface area (Å²) in [5, 5.41) is 15.9. The second-order valence-electron chi connectivity index (χ2n) is 6.32. The summed E-state index contributed by atoms with van der Waals surface area (Å²) in [6.45, 7) is 1.79. The molecule has 1 saturated carbocycles. The Morgan fingerprint density at radius 1 is 1.42 bits per heavy atom. The first-order valence-corrected chi connectivity index (χ1v) is 8.93. The number of carboxylic acid groups (broad SMARTS) is 1. The molecule has 0 bridgehead atoms. The number of nitrogens with zero attached hydrogens (tertiary/aromatic N) is 1. The van der Waals surface area contributed by atoms with Gasteiger partial charge in [0, 0.05) is 10.9 Å². The lowest BCUT2D eigenvalue weighted by Gasteiger charge is -2.28. The molecular weight excluding hydrogens is 328 g/mol. The van der Waals surface area contributed by atoms with Crippen LogP contribution in [0.4, 0.5) is 0 Å². The number of hydrogen-bond acceptors (Lipinski definition) is 5. The molecule has 2 heterocycles. The van der Waals surface area contributed by atoms with Crippen molar-refractivity contribution in [2.45, 2.75) is 51.0 Å². The van der Waals surface area contributed by atoms with Gasteiger partial charge >= 0.3 is 5.97 Å². The highest BCUT2D eigenvalue weighted by Gasteiger charge is 2.37. The monoisotopic (exact) mass is 348 g/mol. The van der Waals surface area contributed by atoms with E-state index in [0.717, 1.165) is 18.4 Å². The largest absolute Gasteiger partial charge is 0.481 e. The van der Waals surface area contributed by atoms with Gasteiger partial charge in [-0.2, -0.15) is 11.3 Å². The van der Waals surface area contributed by atoms with E-state index in [4.69, 9.17) is 9.52 Å². The molecule has 24 heavy (non-hydrogen) atoms. The second-order valence-corrected chi connectivity index (χ2v) is 7.10. The predicted octanol–water partition coefficient (Wildman–Crippen LogP) is 3.16. The first-order chi connectivity index (χ1) is 11.5. The number of carbonyl (C=O) groups excluding carboxylic acids is 1. The van der Waals surface area contributed by atoms with Gasteiger partial charge in [0.2, 0.25) is 11.8 Å². The van der Waals surface area contributed by atoms with Crippen LogP contribution >= 0.6 is 11.3 Å². The number of aromatic nitrogens is 1. The Bertz CT molecular complexity index is 730. The van der Waals surface area contributed by atoms with Crippen molar-refractivity contribution in [3.05, 3.63) is 28.3 Å². The summed E-state index contributed by atoms with van der Waals surface area (Å²) in [4.78, 5) is 27.9. The van der Waals surface area contributed by atoms with Crippen molar-refractivity contribution in [2.24, 2.45) is 0 Å². The van der Waals surface area contributed by atoms with Crippen LogP contribution in [0, 0.1) is 6.92 Å². The van der Waals surface area contributed by atoms with Gasteiger partial charge < -0.3 is 14.8 Å². The quantitative estimate of drug-likeness (QED) is 0.836. The molecule has 0 spiro atoms. The Kier molecular flexibility index (Phi) is 4.71. The molecule has 2 aromatic heterocycles. The number of oxazole rings is 1. The lowest BCUT2D eigenvalue weighted by Crippen LogP contribution is -2.48. The average Bonchev–Trinajstić information content (AvgIpc) is 3.21. The summed E-state index contributed by atoms with van der Waals surface area (Å²) in [5.41, 5.74) is 0.876. The summed E-state index contributed by atoms with van der Waals surface area (Å²) in [6, 6.07) is 1.92. The summed E-state index contributed by atoms with van der Waals surface area (Å²) < 4.78 is 5.64. The molecule has 1 aliphatic carbocycles. The summed E-state index contributed by atoms with van der Waals surface area (Å²) >= 11 is 1.55. The fourth-order valence-corrected chi connectivity index (χ4v) is 3.91. The van der Waals surface area contributed by atoms with Gasteiger partial charge in [0.15, 0.2) is 0 Å². The van der Waals surface area contributed by atoms with Crippen LogP contribution in [0.15, 0.2) is 21.2 Å². The van der Waals surface area contributed by atoms with Crippen molar-refractivity contribution in [2.75, 3.05) is 0 Å². The maximum atomic E-state index is 12.4. The lowest BCUT2D eigenvalue weighted by atomic mass is 9.93. The van der Waals surface area contributed by atoms with Crippen LogP contribution in [0.2, 0.25) is 0 Å². The van der Waals surface area contributed by atoms with Crippen LogP contribution in [0.1, 0.15) is 43.6 Å². The molecule has 2 N–H and O–H groups in total. The number of hydrogen-bond donors (Lipinski definition) is 2. The third-order valence-corrected chi connectivity index (χ3v) is 5.13. The Morgan fingerprint density at radius 2 is 2.17 bits per heavy atom. The minimum Gasteiger partial charge on any atom is -0.481 e. The summed E-state index contributed by atoms with van der Waals surface area (Å²) in [7, 11) is 0. The molecule has 7 heteroatoms. The minimum absolute atomic E-state index is 0.0311. The third-order valence-electron chi connectivity index (χ3n) is 4.44. The number of nitrogens with one attached hydrogen (secondary N) is 1. The fourth-order valence-electron chi connectivity index (χ4n) is 3.28. The molecule has 0 saturated heterocycles. The Balaban J connectivity index is 1.69. The van der Waals surface area contributed by atoms with Crippen molar-refractivity contribution in [1.29, 1.82) is 0 Å². The van der Waals surface area contributed by atoms with E-state index in [9.17, 15) is 9.59 Å². The maximum absolute atomic E-state index is 12.4. The van der Waals surface area contributed by atoms with E-state index in [1.165, 1.54) is 0 Å². The SMILES string of the molecule is Cc1oc(-c2ccsc2)nc1CC(=O)NC1(CC(=O)O)CCCC1. The van der Waals surface area contributed by atoms with Gasteiger partial charge in [0.05, 0.1) is 24.1 Å². The van der Waals surface area contributed by atoms with Crippen LogP contribution in [-0.2, 0) is 16.0 Å². The highest BCUT2D eigenvalue weighted by Crippen LogP contribution is 2.33. The van der Waals surface area contributed by atoms with Crippen molar-refractivity contribution in [1.82, 2.24) is 10.3 Å². The number of rotatable bonds is 6. The van der Waals surface area contributed by atoms with Crippen molar-refractivity contribution in [3.8, 4) is 11.5 Å². The molecule has 0 atom stereocenters. The van der Waals surface area contributed by atoms with Gasteiger partial charge in [-0.05, 0) is 31.2 Å². The molecule has 1 amide bonds. The van der Waals surface area contributed by atoms with E-state index in [0.29, 0.717) is 30.2 Å². The molecule has 0 aliphatic heterocycles. The zero-order chi connectivity index (χ0) is 17.2. The predicted molar refractivity (Wildman–Crippen MR) is 89.9 cm³/mol. The van der Waals surface area contributed by atoms with Gasteiger partial charge in [0.1, 0.15) is 5.76 Å². The summed E-state index contributed by atoms with van der Waals surface area (Å²) in [5.74, 6) is 0.0451. The van der Waals surface area contributed by atoms with Gasteiger partial charge in [-0.25, -0.2) is 4.98 Å². The standard InChI is InChI=1S/C17H20N2O4S/c1-11-13(18-16(23-11)12-4-7-24-10-12)8-14(20)19-17(9-15(21)22)5-2-3-6-17/h4,7,10H,2-3,5-6,8-9H2,1H3,(H,19,20)(H,21,22). The smallest absolute Gasteiger partial charge is 0.305 e. The van der Waals surface area contributed by atoms with Crippen molar-refractivity contribution < 1.29 is 19.1 Å². The van der Waals surface area contributed by atoms with Crippen LogP contribution < -0.4 is 5.32 Å². The van der Waals surface area contributed by atoms with Gasteiger partial charge in [-0.3, -0.25) is 9.59 Å². The zero-order valence-corrected chi connectivity index (χ0v) is 14.3. The lowest BCUT2D eigenvalue weighted by molar-refractivity contribution is -0.139. The van der Waals surface area contributed by atoms with Crippen LogP contribution in [0.5, 0.6) is 0 Å². The number of aryl methyl sites for hydroxylation is 1. The van der Waals surface area contributed by atoms with Crippen LogP contribution in [-0.4, -0.2) is 27.5 Å². The van der Waals surface area contributed by atoms with E-state index in [1.807, 2.05) is 16.8 Å². The van der Waals surface area contributed by atoms with E-state index < -0.39 is 11.5 Å². The molecule has 1 fully saturated rings. The molecule has 0 unspecified atom stereocenters. The topological polar surface area (TPSA) is 92.4 Å². The van der Waals surface area contributed by atoms with E-state index in [2.05, 4.69) is 10.3 Å². The molecule has 3 rings (SSSR count). The number of carbonyl (C=O) groups is 2. The third kappa shape index (κ3) is 3.67. The number of aliphatic carboxylic acids is 1. The highest BCUT2D eigenvalue weighted by molar-refractivity contribution is 7.08. The van der Waals surface area contributed by atoms with E-state index >= 15 is 0 Å². The Morgan fingerprint density at radius 3 is 2.79 bits per heavy atom. The zero-order valence-electron chi connectivity index (χ0n) is 13.5. The first kappa shape index (κ1) is 16.7. The normalized spacial score (nSPS) is 16.2. The molecule has 0 radical (unpaired) electrons. The number of amides is 1. The molecule has 6 nitrogen and oxygen atoms in total. The Labute approximate surface area is 143 Å². The van der Waals surface area contributed by atoms with Gasteiger partial charge in [-0.15, -0.1) is 0 Å². The van der Waals surface area contributed by atoms with Crippen molar-refractivity contribution in [3.63, 3.8) is 0 Å². The van der Waals surface area contributed by atoms with Gasteiger partial charge in [-0.1, -0.05) is 12.8 Å². The first-order valence-electron chi connectivity index (χ1n) is 7.99. The van der Waals surface area contributed by atoms with Crippen molar-refractivity contribution >= 4 is 23.2 Å². The Hall–Kier alpha value is -2.15. The fraction of sp³-hybridized carbons (Fsp3) is 0.471. The minimum atomic E-state index is -0.880. The van der Waals surface area contributed by atoms with Crippen LogP contribution in [0.25, 0.3) is 11.5 Å². The molecule has 0 aromatic carbocycles. The van der Waals surface area contributed by atoms with Gasteiger partial charge in [0.25, 0.3) is 0 Å². The average molecular weight is 348 g/mol. The van der Waals surface area contributed by atoms with E-state index in [-0.39, 0.29) is 18.7 Å². The number of carboxylic acids is 1. The van der Waals surface area contributed by atoms with E-state index in [1.54, 1.807) is 18.3 Å². The highest BCUT2D eigenvalue weighted by atomic mass is 32.1. The molecular formula is C17H20N2O4S. The second kappa shape index (κ2) is 6.76.